The summed E-state index contributed by atoms with van der Waals surface area (Å²) in [5, 5.41) is 0. The van der Waals surface area contributed by atoms with Crippen LogP contribution in [0.25, 0.3) is 0 Å². The standard InChI is InChI=1S/CH3O.Al.Ra.Rb/c1-2;;;/h1H3;;;/q-1;+1;;. The molecule has 0 aliphatic carbocycles. The Kier molecular flexibility index (Phi) is 49.8. The Morgan fingerprint density at radius 1 is 1.60 bits per heavy atom. The maximum Gasteiger partial charge on any atom is 0.368 e. The average Bonchev–Trinajstić information content (AvgIpc) is 0.918. The first-order valence-electron chi connectivity index (χ1n) is 0.644. The summed E-state index contributed by atoms with van der Waals surface area (Å²) in [6.45, 7) is 0. The number of hydrogen-bond donors (Lipinski definition) is 0. The normalized spacial score (nSPS) is 3.40. The number of rotatable bonds is 0. The quantitative estimate of drug-likeness (QED) is 0.515. The second-order valence-electron chi connectivity index (χ2n) is 0.236. The molecule has 0 spiro atoms. The van der Waals surface area contributed by atoms with Crippen molar-refractivity contribution < 1.29 is 48.8 Å². The molecule has 4 heteroatoms. The predicted octanol–water partition coefficient (Wildman–Crippen LogP) is -0.665. The van der Waals surface area contributed by atoms with Crippen LogP contribution in [0.5, 0.6) is 0 Å². The van der Waals surface area contributed by atoms with Gasteiger partial charge in [-0.15, -0.1) is 0 Å². The Morgan fingerprint density at radius 2 is 1.60 bits per heavy atom. The van der Waals surface area contributed by atoms with E-state index < -0.39 is 0 Å². The second kappa shape index (κ2) is 15.7. The van der Waals surface area contributed by atoms with Crippen LogP contribution in [0.2, 0.25) is 0 Å². The Hall–Kier alpha value is 3.77. The van der Waals surface area contributed by atoms with Gasteiger partial charge in [0.1, 0.15) is 0 Å². The molecule has 0 unspecified atom stereocenters. The molecule has 19 valence electrons. The molecule has 0 amide bonds. The van der Waals surface area contributed by atoms with Gasteiger partial charge >= 0.3 is 16.6 Å². The summed E-state index contributed by atoms with van der Waals surface area (Å²) < 4.78 is 4.17. The van der Waals surface area contributed by atoms with E-state index in [4.69, 9.17) is 0 Å². The molecule has 0 saturated carbocycles. The third kappa shape index (κ3) is 18.2. The van der Waals surface area contributed by atoms with E-state index >= 15 is 0 Å². The Morgan fingerprint density at radius 3 is 1.60 bits per heavy atom. The minimum atomic E-state index is 0. The molecule has 0 aromatic heterocycles. The van der Waals surface area contributed by atoms with Crippen LogP contribution >= 0.6 is 0 Å². The molecule has 0 saturated heterocycles. The van der Waals surface area contributed by atoms with Gasteiger partial charge < -0.3 is 3.79 Å². The van der Waals surface area contributed by atoms with E-state index in [1.165, 1.54) is 0 Å². The molecule has 5 radical (unpaired) electrons. The van der Waals surface area contributed by atoms with Crippen molar-refractivity contribution in [2.24, 2.45) is 0 Å². The Balaban J connectivity index is -0.0000000200. The van der Waals surface area contributed by atoms with Gasteiger partial charge in [-0.3, -0.25) is 0 Å². The van der Waals surface area contributed by atoms with Crippen LogP contribution < -0.4 is 0 Å². The SMILES string of the molecule is C[O][Al].[Ra].[Rb]. The summed E-state index contributed by atoms with van der Waals surface area (Å²) in [6, 6.07) is 0. The summed E-state index contributed by atoms with van der Waals surface area (Å²) >= 11 is 2.08. The molecule has 1 nitrogen and oxygen atoms in total. The monoisotopic (exact) mass is 369 g/mol. The minimum absolute atomic E-state index is 0. The number of hydrogen-bond acceptors (Lipinski definition) is 1. The van der Waals surface area contributed by atoms with Gasteiger partial charge in [0.05, 0.1) is 0 Å². The van der Waals surface area contributed by atoms with Crippen molar-refractivity contribution in [1.82, 2.24) is 0 Å². The van der Waals surface area contributed by atoms with Crippen molar-refractivity contribution in [3.63, 3.8) is 0 Å². The van der Waals surface area contributed by atoms with Gasteiger partial charge in [-0.2, -0.15) is 0 Å². The first-order valence-corrected chi connectivity index (χ1v) is 1.12. The van der Waals surface area contributed by atoms with Crippen LogP contribution in [-0.4, -0.2) is 81.9 Å². The minimum Gasteiger partial charge on any atom is -0.518 e. The molecule has 0 fully saturated rings. The zero-order valence-electron chi connectivity index (χ0n) is 3.69. The molecule has 0 aliphatic rings. The van der Waals surface area contributed by atoms with Gasteiger partial charge in [0.25, 0.3) is 0 Å². The Bertz CT molecular complexity index is 11.6. The Labute approximate surface area is 127 Å². The van der Waals surface area contributed by atoms with Crippen molar-refractivity contribution in [2.45, 2.75) is 0 Å². The van der Waals surface area contributed by atoms with Crippen molar-refractivity contribution >= 4 is 74.8 Å². The van der Waals surface area contributed by atoms with E-state index in [2.05, 4.69) is 20.4 Å². The van der Waals surface area contributed by atoms with Crippen LogP contribution in [-0.2, 0) is 3.79 Å². The zero-order valence-corrected chi connectivity index (χ0v) is 15.6. The fourth-order valence-electron chi connectivity index (χ4n) is 0. The first kappa shape index (κ1) is 15.9. The topological polar surface area (TPSA) is 9.23 Å². The van der Waals surface area contributed by atoms with Gasteiger partial charge in [-0.25, -0.2) is 0 Å². The van der Waals surface area contributed by atoms with Gasteiger partial charge in [0.15, 0.2) is 0 Å². The third-order valence-electron chi connectivity index (χ3n) is 0. The van der Waals surface area contributed by atoms with Crippen molar-refractivity contribution in [1.29, 1.82) is 0 Å². The molecular formula is CH3AlORaRb. The predicted molar refractivity (Wildman–Crippen MR) is 18.5 cm³/mol. The van der Waals surface area contributed by atoms with Crippen molar-refractivity contribution in [3.05, 3.63) is 0 Å². The summed E-state index contributed by atoms with van der Waals surface area (Å²) in [5.74, 6) is 0. The van der Waals surface area contributed by atoms with E-state index in [0.29, 0.717) is 0 Å². The van der Waals surface area contributed by atoms with Crippen molar-refractivity contribution in [2.75, 3.05) is 7.11 Å². The van der Waals surface area contributed by atoms with Crippen LogP contribution in [0.4, 0.5) is 0 Å². The zero-order chi connectivity index (χ0) is 2.71. The molecule has 0 bridgehead atoms. The van der Waals surface area contributed by atoms with Gasteiger partial charge in [-0.1, -0.05) is 0 Å². The molecular weight excluding hydrogens is 366 g/mol. The summed E-state index contributed by atoms with van der Waals surface area (Å²) in [6.07, 6.45) is 0. The molecule has 0 aromatic rings. The molecule has 0 heterocycles. The third-order valence-corrected chi connectivity index (χ3v) is 0. The molecule has 0 rings (SSSR count). The van der Waals surface area contributed by atoms with Gasteiger partial charge in [0, 0.05) is 110 Å². The molecule has 0 N–H and O–H groups in total. The fraction of sp³-hybridized carbons (Fsp3) is 1.00. The van der Waals surface area contributed by atoms with Crippen LogP contribution in [0.3, 0.4) is 0 Å². The van der Waals surface area contributed by atoms with E-state index in [1.54, 1.807) is 7.11 Å². The van der Waals surface area contributed by atoms with Crippen LogP contribution in [0.1, 0.15) is 0 Å². The maximum absolute atomic E-state index is 4.17. The van der Waals surface area contributed by atoms with Crippen LogP contribution in [0, 0.1) is 45.0 Å². The van der Waals surface area contributed by atoms with Gasteiger partial charge in [-0.05, 0) is 0 Å². The maximum atomic E-state index is 4.17. The van der Waals surface area contributed by atoms with Crippen molar-refractivity contribution in [3.8, 4) is 0 Å². The fourth-order valence-corrected chi connectivity index (χ4v) is 0. The van der Waals surface area contributed by atoms with Crippen LogP contribution in [0.15, 0.2) is 0 Å². The van der Waals surface area contributed by atoms with E-state index in [-0.39, 0.29) is 103 Å². The molecule has 0 aromatic carbocycles. The van der Waals surface area contributed by atoms with E-state index in [9.17, 15) is 0 Å². The molecule has 0 atom stereocenters. The smallest absolute Gasteiger partial charge is 0.368 e. The van der Waals surface area contributed by atoms with E-state index in [0.717, 1.165) is 0 Å². The van der Waals surface area contributed by atoms with E-state index in [1.807, 2.05) is 0 Å². The molecule has 5 heavy (non-hydrogen) atoms. The average molecular weight is 369 g/mol. The summed E-state index contributed by atoms with van der Waals surface area (Å²) in [7, 11) is 1.59. The second-order valence-corrected chi connectivity index (χ2v) is 0.707. The first-order chi connectivity index (χ1) is 1.41. The summed E-state index contributed by atoms with van der Waals surface area (Å²) in [5.41, 5.74) is 0. The van der Waals surface area contributed by atoms with Gasteiger partial charge in [0.2, 0.25) is 0 Å². The molecule has 0 aliphatic heterocycles. The summed E-state index contributed by atoms with van der Waals surface area (Å²) in [4.78, 5) is 0. The largest absolute Gasteiger partial charge is 0.518 e.